The predicted octanol–water partition coefficient (Wildman–Crippen LogP) is 2.59. The molecule has 2 amide bonds. The number of sulfone groups is 1. The number of hydrogen-bond acceptors (Lipinski definition) is 3. The van der Waals surface area contributed by atoms with Gasteiger partial charge in [0.25, 0.3) is 0 Å². The van der Waals surface area contributed by atoms with E-state index in [-0.39, 0.29) is 23.6 Å². The summed E-state index contributed by atoms with van der Waals surface area (Å²) in [6, 6.07) is 19.0. The Morgan fingerprint density at radius 1 is 0.960 bits per heavy atom. The molecule has 1 saturated heterocycles. The Kier molecular flexibility index (Phi) is 5.38. The molecule has 2 aromatic rings. The highest BCUT2D eigenvalue weighted by Gasteiger charge is 2.30. The molecule has 5 nitrogen and oxygen atoms in total. The molecule has 1 fully saturated rings. The van der Waals surface area contributed by atoms with Crippen molar-refractivity contribution in [3.63, 3.8) is 0 Å². The highest BCUT2D eigenvalue weighted by Crippen LogP contribution is 2.14. The van der Waals surface area contributed by atoms with E-state index < -0.39 is 9.84 Å². The maximum Gasteiger partial charge on any atom is 0.318 e. The molecule has 132 valence electrons. The highest BCUT2D eigenvalue weighted by molar-refractivity contribution is 7.91. The van der Waals surface area contributed by atoms with Crippen LogP contribution < -0.4 is 5.32 Å². The lowest BCUT2D eigenvalue weighted by Gasteiger charge is -2.25. The van der Waals surface area contributed by atoms with Crippen molar-refractivity contribution >= 4 is 15.9 Å². The molecule has 1 aliphatic heterocycles. The van der Waals surface area contributed by atoms with Crippen molar-refractivity contribution in [2.45, 2.75) is 25.6 Å². The van der Waals surface area contributed by atoms with Crippen molar-refractivity contribution in [3.8, 4) is 0 Å². The van der Waals surface area contributed by atoms with Gasteiger partial charge in [-0.2, -0.15) is 0 Å². The molecule has 1 N–H and O–H groups in total. The van der Waals surface area contributed by atoms with E-state index in [1.165, 1.54) is 0 Å². The quantitative estimate of drug-likeness (QED) is 0.893. The molecule has 1 unspecified atom stereocenters. The molecule has 0 radical (unpaired) electrons. The minimum atomic E-state index is -3.02. The van der Waals surface area contributed by atoms with E-state index in [0.29, 0.717) is 19.5 Å². The van der Waals surface area contributed by atoms with Crippen molar-refractivity contribution in [2.75, 3.05) is 11.5 Å². The number of nitrogens with zero attached hydrogens (tertiary/aromatic N) is 1. The first-order chi connectivity index (χ1) is 12.0. The van der Waals surface area contributed by atoms with Crippen LogP contribution in [0, 0.1) is 0 Å². The van der Waals surface area contributed by atoms with Crippen LogP contribution in [-0.4, -0.2) is 36.9 Å². The van der Waals surface area contributed by atoms with Crippen molar-refractivity contribution in [1.29, 1.82) is 0 Å². The second-order valence-electron chi connectivity index (χ2n) is 6.38. The molecule has 0 spiro atoms. The van der Waals surface area contributed by atoms with Crippen LogP contribution in [0.5, 0.6) is 0 Å². The Hall–Kier alpha value is -2.34. The third-order valence-electron chi connectivity index (χ3n) is 4.28. The summed E-state index contributed by atoms with van der Waals surface area (Å²) in [6.45, 7) is 0.947. The molecule has 1 heterocycles. The number of benzene rings is 2. The minimum absolute atomic E-state index is 0.0310. The normalized spacial score (nSPS) is 18.6. The number of rotatable bonds is 5. The topological polar surface area (TPSA) is 66.5 Å². The predicted molar refractivity (Wildman–Crippen MR) is 97.7 cm³/mol. The molecule has 2 aromatic carbocycles. The van der Waals surface area contributed by atoms with Gasteiger partial charge in [-0.05, 0) is 17.5 Å². The number of urea groups is 1. The first kappa shape index (κ1) is 17.5. The zero-order valence-corrected chi connectivity index (χ0v) is 14.8. The zero-order chi connectivity index (χ0) is 17.7. The van der Waals surface area contributed by atoms with E-state index >= 15 is 0 Å². The van der Waals surface area contributed by atoms with Gasteiger partial charge in [0.1, 0.15) is 0 Å². The van der Waals surface area contributed by atoms with Crippen molar-refractivity contribution in [1.82, 2.24) is 10.2 Å². The Balaban J connectivity index is 1.71. The fourth-order valence-corrected chi connectivity index (χ4v) is 4.66. The molecule has 0 aliphatic carbocycles. The van der Waals surface area contributed by atoms with Crippen LogP contribution in [0.1, 0.15) is 17.5 Å². The summed E-state index contributed by atoms with van der Waals surface area (Å²) in [5.41, 5.74) is 2.07. The standard InChI is InChI=1S/C19H22N2O3S/c22-19(20-18-11-12-25(23,24)15-18)21(13-16-7-3-1-4-8-16)14-17-9-5-2-6-10-17/h1-10,18H,11-15H2,(H,20,22). The monoisotopic (exact) mass is 358 g/mol. The fraction of sp³-hybridized carbons (Fsp3) is 0.316. The SMILES string of the molecule is O=C(NC1CCS(=O)(=O)C1)N(Cc1ccccc1)Cc1ccccc1. The van der Waals surface area contributed by atoms with Crippen molar-refractivity contribution < 1.29 is 13.2 Å². The van der Waals surface area contributed by atoms with E-state index in [2.05, 4.69) is 5.32 Å². The summed E-state index contributed by atoms with van der Waals surface area (Å²) in [7, 11) is -3.02. The van der Waals surface area contributed by atoms with Gasteiger partial charge < -0.3 is 10.2 Å². The molecule has 0 saturated carbocycles. The molecule has 6 heteroatoms. The molecular formula is C19H22N2O3S. The van der Waals surface area contributed by atoms with Crippen LogP contribution in [0.15, 0.2) is 60.7 Å². The maximum absolute atomic E-state index is 12.7. The van der Waals surface area contributed by atoms with Crippen LogP contribution in [0.4, 0.5) is 4.79 Å². The molecule has 3 rings (SSSR count). The van der Waals surface area contributed by atoms with Crippen LogP contribution in [0.2, 0.25) is 0 Å². The number of amides is 2. The summed E-state index contributed by atoms with van der Waals surface area (Å²) in [6.07, 6.45) is 0.485. The summed E-state index contributed by atoms with van der Waals surface area (Å²) < 4.78 is 23.2. The summed E-state index contributed by atoms with van der Waals surface area (Å²) in [5, 5.41) is 2.88. The average molecular weight is 358 g/mol. The van der Waals surface area contributed by atoms with Gasteiger partial charge in [-0.3, -0.25) is 0 Å². The molecule has 0 bridgehead atoms. The molecule has 0 aromatic heterocycles. The second kappa shape index (κ2) is 7.70. The van der Waals surface area contributed by atoms with Gasteiger partial charge in [0, 0.05) is 19.1 Å². The van der Waals surface area contributed by atoms with Crippen LogP contribution >= 0.6 is 0 Å². The molecule has 1 aliphatic rings. The molecular weight excluding hydrogens is 336 g/mol. The first-order valence-corrected chi connectivity index (χ1v) is 10.2. The van der Waals surface area contributed by atoms with Gasteiger partial charge in [-0.15, -0.1) is 0 Å². The molecule has 25 heavy (non-hydrogen) atoms. The van der Waals surface area contributed by atoms with E-state index in [1.807, 2.05) is 60.7 Å². The van der Waals surface area contributed by atoms with Crippen LogP contribution in [0.3, 0.4) is 0 Å². The first-order valence-electron chi connectivity index (χ1n) is 8.35. The van der Waals surface area contributed by atoms with E-state index in [9.17, 15) is 13.2 Å². The third-order valence-corrected chi connectivity index (χ3v) is 6.05. The van der Waals surface area contributed by atoms with E-state index in [4.69, 9.17) is 0 Å². The number of carbonyl (C=O) groups excluding carboxylic acids is 1. The van der Waals surface area contributed by atoms with Gasteiger partial charge in [-0.1, -0.05) is 60.7 Å². The zero-order valence-electron chi connectivity index (χ0n) is 14.0. The van der Waals surface area contributed by atoms with Crippen LogP contribution in [0.25, 0.3) is 0 Å². The van der Waals surface area contributed by atoms with Crippen molar-refractivity contribution in [2.24, 2.45) is 0 Å². The Bertz CT molecular complexity index is 766. The lowest BCUT2D eigenvalue weighted by atomic mass is 10.1. The van der Waals surface area contributed by atoms with E-state index in [1.54, 1.807) is 4.90 Å². The lowest BCUT2D eigenvalue weighted by Crippen LogP contribution is -2.44. The van der Waals surface area contributed by atoms with Gasteiger partial charge in [-0.25, -0.2) is 13.2 Å². The Morgan fingerprint density at radius 2 is 1.48 bits per heavy atom. The smallest absolute Gasteiger partial charge is 0.318 e. The summed E-state index contributed by atoms with van der Waals surface area (Å²) >= 11 is 0. The van der Waals surface area contributed by atoms with Gasteiger partial charge >= 0.3 is 6.03 Å². The molecule has 1 atom stereocenters. The largest absolute Gasteiger partial charge is 0.334 e. The van der Waals surface area contributed by atoms with Gasteiger partial charge in [0.2, 0.25) is 0 Å². The Morgan fingerprint density at radius 3 is 1.92 bits per heavy atom. The lowest BCUT2D eigenvalue weighted by molar-refractivity contribution is 0.189. The summed E-state index contributed by atoms with van der Waals surface area (Å²) in [5.74, 6) is 0.179. The second-order valence-corrected chi connectivity index (χ2v) is 8.61. The van der Waals surface area contributed by atoms with Crippen molar-refractivity contribution in [3.05, 3.63) is 71.8 Å². The number of carbonyl (C=O) groups is 1. The number of nitrogens with one attached hydrogen (secondary N) is 1. The summed E-state index contributed by atoms with van der Waals surface area (Å²) in [4.78, 5) is 14.5. The third kappa shape index (κ3) is 5.06. The van der Waals surface area contributed by atoms with E-state index in [0.717, 1.165) is 11.1 Å². The highest BCUT2D eigenvalue weighted by atomic mass is 32.2. The van der Waals surface area contributed by atoms with Crippen LogP contribution in [-0.2, 0) is 22.9 Å². The fourth-order valence-electron chi connectivity index (χ4n) is 2.98. The maximum atomic E-state index is 12.7. The average Bonchev–Trinajstić information content (AvgIpc) is 2.94. The minimum Gasteiger partial charge on any atom is -0.334 e. The number of hydrogen-bond donors (Lipinski definition) is 1. The van der Waals surface area contributed by atoms with Gasteiger partial charge in [0.15, 0.2) is 9.84 Å². The van der Waals surface area contributed by atoms with Gasteiger partial charge in [0.05, 0.1) is 11.5 Å². The Labute approximate surface area is 148 Å².